The summed E-state index contributed by atoms with van der Waals surface area (Å²) in [5, 5.41) is 2.91. The normalized spacial score (nSPS) is 17.9. The van der Waals surface area contributed by atoms with Gasteiger partial charge in [0.2, 0.25) is 5.91 Å². The highest BCUT2D eigenvalue weighted by Gasteiger charge is 2.17. The van der Waals surface area contributed by atoms with Crippen LogP contribution in [0.4, 0.5) is 0 Å². The molecule has 1 heterocycles. The zero-order valence-corrected chi connectivity index (χ0v) is 15.3. The molecule has 0 spiro atoms. The number of amides is 1. The second kappa shape index (κ2) is 9.16. The number of nitrogens with two attached hydrogens (primary N) is 1. The van der Waals surface area contributed by atoms with Gasteiger partial charge >= 0.3 is 0 Å². The number of hydrogen-bond acceptors (Lipinski definition) is 4. The maximum atomic E-state index is 11.9. The van der Waals surface area contributed by atoms with Gasteiger partial charge in [0, 0.05) is 39.3 Å². The Balaban J connectivity index is 1.78. The number of hydrogen-bond donors (Lipinski definition) is 2. The first-order valence-corrected chi connectivity index (χ1v) is 9.05. The molecule has 0 saturated carbocycles. The van der Waals surface area contributed by atoms with Gasteiger partial charge in [-0.25, -0.2) is 0 Å². The van der Waals surface area contributed by atoms with Gasteiger partial charge in [-0.3, -0.25) is 9.69 Å². The predicted octanol–water partition coefficient (Wildman–Crippen LogP) is 1.42. The van der Waals surface area contributed by atoms with Crippen molar-refractivity contribution in [1.82, 2.24) is 15.1 Å². The SMILES string of the molecule is CCN1CCN(Cc2ccc(CNC(=O)[C@@H](N)C(C)C)cc2)CC1. The molecule has 2 rings (SSSR count). The third-order valence-electron chi connectivity index (χ3n) is 4.83. The standard InChI is InChI=1S/C19H32N4O/c1-4-22-9-11-23(12-10-22)14-17-7-5-16(6-8-17)13-21-19(24)18(20)15(2)3/h5-8,15,18H,4,9-14,20H2,1-3H3,(H,21,24)/t18-/m0/s1. The molecule has 134 valence electrons. The molecule has 1 aliphatic heterocycles. The zero-order valence-electron chi connectivity index (χ0n) is 15.3. The van der Waals surface area contributed by atoms with Crippen molar-refractivity contribution in [3.8, 4) is 0 Å². The minimum atomic E-state index is -0.439. The smallest absolute Gasteiger partial charge is 0.237 e. The first kappa shape index (κ1) is 18.9. The molecule has 0 aliphatic carbocycles. The van der Waals surface area contributed by atoms with Crippen LogP contribution in [0.25, 0.3) is 0 Å². The second-order valence-corrected chi connectivity index (χ2v) is 7.01. The number of rotatable bonds is 7. The minimum absolute atomic E-state index is 0.0807. The average Bonchev–Trinajstić information content (AvgIpc) is 2.60. The van der Waals surface area contributed by atoms with Crippen LogP contribution in [0.3, 0.4) is 0 Å². The summed E-state index contributed by atoms with van der Waals surface area (Å²) in [4.78, 5) is 16.9. The van der Waals surface area contributed by atoms with Crippen LogP contribution in [0.5, 0.6) is 0 Å². The van der Waals surface area contributed by atoms with Gasteiger partial charge < -0.3 is 16.0 Å². The summed E-state index contributed by atoms with van der Waals surface area (Å²) >= 11 is 0. The highest BCUT2D eigenvalue weighted by Crippen LogP contribution is 2.10. The first-order chi connectivity index (χ1) is 11.5. The first-order valence-electron chi connectivity index (χ1n) is 9.05. The van der Waals surface area contributed by atoms with Crippen LogP contribution in [0.2, 0.25) is 0 Å². The van der Waals surface area contributed by atoms with Gasteiger partial charge in [0.25, 0.3) is 0 Å². The number of nitrogens with zero attached hydrogens (tertiary/aromatic N) is 2. The van der Waals surface area contributed by atoms with Crippen molar-refractivity contribution in [2.45, 2.75) is 39.9 Å². The molecule has 0 bridgehead atoms. The van der Waals surface area contributed by atoms with E-state index in [-0.39, 0.29) is 11.8 Å². The molecule has 1 aromatic carbocycles. The van der Waals surface area contributed by atoms with Crippen LogP contribution in [-0.2, 0) is 17.9 Å². The lowest BCUT2D eigenvalue weighted by Crippen LogP contribution is -2.45. The minimum Gasteiger partial charge on any atom is -0.351 e. The molecule has 3 N–H and O–H groups in total. The van der Waals surface area contributed by atoms with Crippen molar-refractivity contribution in [3.05, 3.63) is 35.4 Å². The summed E-state index contributed by atoms with van der Waals surface area (Å²) < 4.78 is 0. The molecular weight excluding hydrogens is 300 g/mol. The summed E-state index contributed by atoms with van der Waals surface area (Å²) in [5.74, 6) is 0.0726. The van der Waals surface area contributed by atoms with Crippen LogP contribution < -0.4 is 11.1 Å². The topological polar surface area (TPSA) is 61.6 Å². The van der Waals surface area contributed by atoms with E-state index in [9.17, 15) is 4.79 Å². The van der Waals surface area contributed by atoms with Crippen molar-refractivity contribution < 1.29 is 4.79 Å². The summed E-state index contributed by atoms with van der Waals surface area (Å²) in [6.45, 7) is 13.4. The van der Waals surface area contributed by atoms with Crippen LogP contribution in [0.1, 0.15) is 31.9 Å². The van der Waals surface area contributed by atoms with Crippen molar-refractivity contribution in [2.75, 3.05) is 32.7 Å². The van der Waals surface area contributed by atoms with Crippen LogP contribution in [-0.4, -0.2) is 54.5 Å². The Morgan fingerprint density at radius 3 is 2.17 bits per heavy atom. The summed E-state index contributed by atoms with van der Waals surface area (Å²) in [5.41, 5.74) is 8.29. The molecule has 0 radical (unpaired) electrons. The van der Waals surface area contributed by atoms with E-state index in [0.29, 0.717) is 6.54 Å². The molecule has 1 aromatic rings. The van der Waals surface area contributed by atoms with E-state index >= 15 is 0 Å². The van der Waals surface area contributed by atoms with E-state index in [2.05, 4.69) is 46.3 Å². The van der Waals surface area contributed by atoms with E-state index in [4.69, 9.17) is 5.73 Å². The van der Waals surface area contributed by atoms with Crippen LogP contribution >= 0.6 is 0 Å². The lowest BCUT2D eigenvalue weighted by molar-refractivity contribution is -0.123. The summed E-state index contributed by atoms with van der Waals surface area (Å²) in [7, 11) is 0. The zero-order chi connectivity index (χ0) is 17.5. The molecule has 1 saturated heterocycles. The number of benzene rings is 1. The van der Waals surface area contributed by atoms with E-state index in [0.717, 1.165) is 44.8 Å². The largest absolute Gasteiger partial charge is 0.351 e. The maximum Gasteiger partial charge on any atom is 0.237 e. The van der Waals surface area contributed by atoms with Crippen LogP contribution in [0, 0.1) is 5.92 Å². The Morgan fingerprint density at radius 2 is 1.62 bits per heavy atom. The number of likely N-dealkylation sites (N-methyl/N-ethyl adjacent to an activating group) is 1. The van der Waals surface area contributed by atoms with E-state index in [1.165, 1.54) is 5.56 Å². The lowest BCUT2D eigenvalue weighted by atomic mass is 10.0. The second-order valence-electron chi connectivity index (χ2n) is 7.01. The fourth-order valence-electron chi connectivity index (χ4n) is 2.89. The van der Waals surface area contributed by atoms with Crippen molar-refractivity contribution >= 4 is 5.91 Å². The molecule has 1 amide bonds. The molecule has 1 fully saturated rings. The molecule has 5 nitrogen and oxygen atoms in total. The summed E-state index contributed by atoms with van der Waals surface area (Å²) in [6, 6.07) is 8.08. The molecule has 1 aliphatic rings. The van der Waals surface area contributed by atoms with Crippen molar-refractivity contribution in [2.24, 2.45) is 11.7 Å². The molecule has 0 unspecified atom stereocenters. The third-order valence-corrected chi connectivity index (χ3v) is 4.83. The Hall–Kier alpha value is -1.43. The number of carbonyl (C=O) groups excluding carboxylic acids is 1. The van der Waals surface area contributed by atoms with Gasteiger partial charge in [-0.05, 0) is 23.6 Å². The van der Waals surface area contributed by atoms with Gasteiger partial charge in [-0.15, -0.1) is 0 Å². The third kappa shape index (κ3) is 5.58. The molecule has 0 aromatic heterocycles. The predicted molar refractivity (Wildman–Crippen MR) is 98.5 cm³/mol. The van der Waals surface area contributed by atoms with Gasteiger partial charge in [-0.2, -0.15) is 0 Å². The lowest BCUT2D eigenvalue weighted by Gasteiger charge is -2.34. The molecular formula is C19H32N4O. The number of nitrogens with one attached hydrogen (secondary N) is 1. The van der Waals surface area contributed by atoms with Crippen molar-refractivity contribution in [1.29, 1.82) is 0 Å². The highest BCUT2D eigenvalue weighted by molar-refractivity contribution is 5.81. The molecule has 24 heavy (non-hydrogen) atoms. The van der Waals surface area contributed by atoms with Gasteiger partial charge in [0.05, 0.1) is 6.04 Å². The highest BCUT2D eigenvalue weighted by atomic mass is 16.2. The summed E-state index contributed by atoms with van der Waals surface area (Å²) in [6.07, 6.45) is 0. The Labute approximate surface area is 146 Å². The Kier molecular flexibility index (Phi) is 7.21. The van der Waals surface area contributed by atoms with Gasteiger partial charge in [-0.1, -0.05) is 45.0 Å². The quantitative estimate of drug-likeness (QED) is 0.793. The number of piperazine rings is 1. The van der Waals surface area contributed by atoms with E-state index < -0.39 is 6.04 Å². The Bertz CT molecular complexity index is 507. The van der Waals surface area contributed by atoms with E-state index in [1.54, 1.807) is 0 Å². The molecule has 1 atom stereocenters. The van der Waals surface area contributed by atoms with Gasteiger partial charge in [0.15, 0.2) is 0 Å². The Morgan fingerprint density at radius 1 is 1.08 bits per heavy atom. The van der Waals surface area contributed by atoms with Crippen molar-refractivity contribution in [3.63, 3.8) is 0 Å². The maximum absolute atomic E-state index is 11.9. The van der Waals surface area contributed by atoms with Crippen LogP contribution in [0.15, 0.2) is 24.3 Å². The average molecular weight is 332 g/mol. The number of carbonyl (C=O) groups is 1. The fraction of sp³-hybridized carbons (Fsp3) is 0.632. The van der Waals surface area contributed by atoms with Gasteiger partial charge in [0.1, 0.15) is 0 Å². The van der Waals surface area contributed by atoms with E-state index in [1.807, 2.05) is 13.8 Å². The fourth-order valence-corrected chi connectivity index (χ4v) is 2.89. The molecule has 5 heteroatoms. The monoisotopic (exact) mass is 332 g/mol.